The summed E-state index contributed by atoms with van der Waals surface area (Å²) in [7, 11) is 1.44. The summed E-state index contributed by atoms with van der Waals surface area (Å²) in [4.78, 5) is 37.0. The molecule has 0 saturated carbocycles. The Hall–Kier alpha value is -4.20. The number of rotatable bonds is 7. The first-order valence-corrected chi connectivity index (χ1v) is 9.06. The van der Waals surface area contributed by atoms with Crippen LogP contribution < -0.4 is 10.1 Å². The van der Waals surface area contributed by atoms with Gasteiger partial charge in [-0.05, 0) is 30.3 Å². The molecule has 0 radical (unpaired) electrons. The summed E-state index contributed by atoms with van der Waals surface area (Å²) < 4.78 is 5.75. The number of carbonyl (C=O) groups excluding carboxylic acids is 2. The lowest BCUT2D eigenvalue weighted by molar-refractivity contribution is -0.384. The Morgan fingerprint density at radius 1 is 1.00 bits per heavy atom. The van der Waals surface area contributed by atoms with Gasteiger partial charge in [-0.1, -0.05) is 36.4 Å². The van der Waals surface area contributed by atoms with Gasteiger partial charge < -0.3 is 15.0 Å². The summed E-state index contributed by atoms with van der Waals surface area (Å²) in [5, 5.41) is 13.9. The van der Waals surface area contributed by atoms with Crippen LogP contribution in [0.2, 0.25) is 0 Å². The van der Waals surface area contributed by atoms with Gasteiger partial charge in [-0.15, -0.1) is 0 Å². The maximum atomic E-state index is 13.0. The molecule has 0 fully saturated rings. The molecule has 3 aromatic carbocycles. The number of non-ortho nitro benzene ring substituents is 1. The molecule has 0 aliphatic rings. The van der Waals surface area contributed by atoms with Crippen LogP contribution in [0, 0.1) is 10.1 Å². The fraction of sp³-hybridized carbons (Fsp3) is 0.0909. The highest BCUT2D eigenvalue weighted by Crippen LogP contribution is 2.29. The maximum absolute atomic E-state index is 13.0. The monoisotopic (exact) mass is 405 g/mol. The Morgan fingerprint density at radius 2 is 1.63 bits per heavy atom. The molecule has 0 aliphatic heterocycles. The Morgan fingerprint density at radius 3 is 2.27 bits per heavy atom. The van der Waals surface area contributed by atoms with E-state index >= 15 is 0 Å². The van der Waals surface area contributed by atoms with Gasteiger partial charge in [0.2, 0.25) is 5.91 Å². The Labute approximate surface area is 172 Å². The van der Waals surface area contributed by atoms with Crippen molar-refractivity contribution in [3.63, 3.8) is 0 Å². The molecule has 2 amide bonds. The van der Waals surface area contributed by atoms with Crippen LogP contribution in [0.15, 0.2) is 78.9 Å². The quantitative estimate of drug-likeness (QED) is 0.471. The lowest BCUT2D eigenvalue weighted by Gasteiger charge is -2.19. The number of nitrogens with one attached hydrogen (secondary N) is 1. The predicted octanol–water partition coefficient (Wildman–Crippen LogP) is 4.10. The molecule has 30 heavy (non-hydrogen) atoms. The first-order valence-electron chi connectivity index (χ1n) is 9.06. The predicted molar refractivity (Wildman–Crippen MR) is 112 cm³/mol. The lowest BCUT2D eigenvalue weighted by Crippen LogP contribution is -2.35. The molecule has 3 aromatic rings. The number of para-hydroxylation sites is 2. The molecule has 0 saturated heterocycles. The van der Waals surface area contributed by atoms with Gasteiger partial charge in [0.25, 0.3) is 11.6 Å². The minimum Gasteiger partial charge on any atom is -0.457 e. The van der Waals surface area contributed by atoms with Crippen molar-refractivity contribution in [2.24, 2.45) is 0 Å². The summed E-state index contributed by atoms with van der Waals surface area (Å²) in [6.07, 6.45) is 0. The minimum atomic E-state index is -0.592. The molecule has 1 N–H and O–H groups in total. The normalized spacial score (nSPS) is 10.2. The summed E-state index contributed by atoms with van der Waals surface area (Å²) >= 11 is 0. The van der Waals surface area contributed by atoms with Crippen molar-refractivity contribution in [3.8, 4) is 11.5 Å². The Bertz CT molecular complexity index is 1050. The van der Waals surface area contributed by atoms with Crippen LogP contribution in [0.4, 0.5) is 11.4 Å². The fourth-order valence-electron chi connectivity index (χ4n) is 2.72. The number of nitrogens with zero attached hydrogens (tertiary/aromatic N) is 2. The zero-order valence-electron chi connectivity index (χ0n) is 16.1. The van der Waals surface area contributed by atoms with Crippen LogP contribution in [-0.2, 0) is 4.79 Å². The van der Waals surface area contributed by atoms with Crippen LogP contribution in [0.3, 0.4) is 0 Å². The van der Waals surface area contributed by atoms with E-state index in [1.807, 2.05) is 12.1 Å². The largest absolute Gasteiger partial charge is 0.457 e. The van der Waals surface area contributed by atoms with Gasteiger partial charge in [-0.2, -0.15) is 0 Å². The molecule has 8 heteroatoms. The first kappa shape index (κ1) is 20.5. The average molecular weight is 405 g/mol. The topological polar surface area (TPSA) is 102 Å². The molecule has 0 spiro atoms. The van der Waals surface area contributed by atoms with E-state index in [9.17, 15) is 19.7 Å². The Balaban J connectivity index is 1.80. The van der Waals surface area contributed by atoms with E-state index in [0.29, 0.717) is 11.4 Å². The molecule has 0 unspecified atom stereocenters. The molecule has 0 aliphatic carbocycles. The highest BCUT2D eigenvalue weighted by atomic mass is 16.6. The number of carbonyl (C=O) groups is 2. The molecule has 152 valence electrons. The van der Waals surface area contributed by atoms with Gasteiger partial charge >= 0.3 is 0 Å². The van der Waals surface area contributed by atoms with Crippen LogP contribution >= 0.6 is 0 Å². The van der Waals surface area contributed by atoms with Gasteiger partial charge in [-0.25, -0.2) is 0 Å². The van der Waals surface area contributed by atoms with Crippen LogP contribution in [0.25, 0.3) is 0 Å². The molecular weight excluding hydrogens is 386 g/mol. The smallest absolute Gasteiger partial charge is 0.270 e. The Kier molecular flexibility index (Phi) is 6.39. The molecule has 0 aromatic heterocycles. The van der Waals surface area contributed by atoms with Crippen LogP contribution in [-0.4, -0.2) is 35.2 Å². The highest BCUT2D eigenvalue weighted by molar-refractivity contribution is 6.01. The van der Waals surface area contributed by atoms with Gasteiger partial charge in [-0.3, -0.25) is 19.7 Å². The van der Waals surface area contributed by atoms with Gasteiger partial charge in [0, 0.05) is 24.9 Å². The van der Waals surface area contributed by atoms with E-state index in [1.54, 1.807) is 48.5 Å². The van der Waals surface area contributed by atoms with Crippen molar-refractivity contribution >= 4 is 23.2 Å². The van der Waals surface area contributed by atoms with E-state index in [-0.39, 0.29) is 23.5 Å². The summed E-state index contributed by atoms with van der Waals surface area (Å²) in [6.45, 7) is -0.235. The number of nitro benzene ring substituents is 1. The third-order valence-electron chi connectivity index (χ3n) is 4.16. The molecule has 0 bridgehead atoms. The summed E-state index contributed by atoms with van der Waals surface area (Å²) in [6, 6.07) is 21.4. The number of hydrogen-bond donors (Lipinski definition) is 1. The van der Waals surface area contributed by atoms with E-state index in [1.165, 1.54) is 24.1 Å². The van der Waals surface area contributed by atoms with Gasteiger partial charge in [0.15, 0.2) is 0 Å². The molecular formula is C22H19N3O5. The van der Waals surface area contributed by atoms with E-state index in [2.05, 4.69) is 5.32 Å². The molecule has 8 nitrogen and oxygen atoms in total. The third kappa shape index (κ3) is 5.20. The number of ether oxygens (including phenoxy) is 1. The van der Waals surface area contributed by atoms with Crippen LogP contribution in [0.5, 0.6) is 11.5 Å². The first-order chi connectivity index (χ1) is 14.4. The molecule has 0 atom stereocenters. The zero-order valence-corrected chi connectivity index (χ0v) is 16.1. The van der Waals surface area contributed by atoms with Crippen molar-refractivity contribution in [2.45, 2.75) is 0 Å². The maximum Gasteiger partial charge on any atom is 0.270 e. The molecule has 0 heterocycles. The van der Waals surface area contributed by atoms with Crippen molar-refractivity contribution in [3.05, 3.63) is 94.5 Å². The lowest BCUT2D eigenvalue weighted by atomic mass is 10.1. The standard InChI is InChI=1S/C22H19N3O5/c1-24(15-21(26)23-16-8-4-2-5-9-16)22(27)19-14-17(25(28)29)12-13-20(19)30-18-10-6-3-7-11-18/h2-14H,15H2,1H3,(H,23,26). The number of amides is 2. The number of hydrogen-bond acceptors (Lipinski definition) is 5. The van der Waals surface area contributed by atoms with Crippen molar-refractivity contribution in [2.75, 3.05) is 18.9 Å². The highest BCUT2D eigenvalue weighted by Gasteiger charge is 2.22. The number of anilines is 1. The van der Waals surface area contributed by atoms with Crippen molar-refractivity contribution in [1.82, 2.24) is 4.90 Å². The van der Waals surface area contributed by atoms with Gasteiger partial charge in [0.1, 0.15) is 11.5 Å². The minimum absolute atomic E-state index is 0.0111. The number of likely N-dealkylation sites (N-methyl/N-ethyl adjacent to an activating group) is 1. The van der Waals surface area contributed by atoms with E-state index in [0.717, 1.165) is 6.07 Å². The SMILES string of the molecule is CN(CC(=O)Nc1ccccc1)C(=O)c1cc([N+](=O)[O-])ccc1Oc1ccccc1. The fourth-order valence-corrected chi connectivity index (χ4v) is 2.72. The van der Waals surface area contributed by atoms with Crippen molar-refractivity contribution in [1.29, 1.82) is 0 Å². The van der Waals surface area contributed by atoms with Crippen LogP contribution in [0.1, 0.15) is 10.4 Å². The second-order valence-corrected chi connectivity index (χ2v) is 6.43. The van der Waals surface area contributed by atoms with E-state index in [4.69, 9.17) is 4.74 Å². The summed E-state index contributed by atoms with van der Waals surface area (Å²) in [5.74, 6) is -0.335. The second kappa shape index (κ2) is 9.33. The number of nitro groups is 1. The summed E-state index contributed by atoms with van der Waals surface area (Å²) in [5.41, 5.74) is 0.343. The number of benzene rings is 3. The van der Waals surface area contributed by atoms with Crippen molar-refractivity contribution < 1.29 is 19.2 Å². The average Bonchev–Trinajstić information content (AvgIpc) is 2.74. The molecule has 3 rings (SSSR count). The zero-order chi connectivity index (χ0) is 21.5. The van der Waals surface area contributed by atoms with E-state index < -0.39 is 16.7 Å². The second-order valence-electron chi connectivity index (χ2n) is 6.43. The third-order valence-corrected chi connectivity index (χ3v) is 4.16. The van der Waals surface area contributed by atoms with Gasteiger partial charge in [0.05, 0.1) is 17.0 Å².